The Bertz CT molecular complexity index is 746. The van der Waals surface area contributed by atoms with Gasteiger partial charge in [0.1, 0.15) is 0 Å². The van der Waals surface area contributed by atoms with Crippen molar-refractivity contribution < 1.29 is 9.59 Å². The van der Waals surface area contributed by atoms with Crippen LogP contribution in [0.3, 0.4) is 0 Å². The lowest BCUT2D eigenvalue weighted by atomic mass is 9.95. The highest BCUT2D eigenvalue weighted by molar-refractivity contribution is 7.10. The molecule has 0 spiro atoms. The molecule has 0 radical (unpaired) electrons. The predicted octanol–water partition coefficient (Wildman–Crippen LogP) is 4.51. The van der Waals surface area contributed by atoms with Crippen molar-refractivity contribution in [3.8, 4) is 0 Å². The van der Waals surface area contributed by atoms with Crippen LogP contribution in [0.2, 0.25) is 0 Å². The lowest BCUT2D eigenvalue weighted by Gasteiger charge is -2.33. The minimum atomic E-state index is -0.165. The van der Waals surface area contributed by atoms with Gasteiger partial charge in [0.15, 0.2) is 0 Å². The van der Waals surface area contributed by atoms with E-state index in [9.17, 15) is 9.59 Å². The zero-order chi connectivity index (χ0) is 19.2. The van der Waals surface area contributed by atoms with Crippen molar-refractivity contribution in [2.24, 2.45) is 11.8 Å². The minimum Gasteiger partial charge on any atom is -0.348 e. The first-order valence-corrected chi connectivity index (χ1v) is 10.4. The van der Waals surface area contributed by atoms with Crippen molar-refractivity contribution >= 4 is 29.0 Å². The average molecular weight is 386 g/mol. The molecule has 0 unspecified atom stereocenters. The van der Waals surface area contributed by atoms with E-state index in [1.54, 1.807) is 16.2 Å². The fraction of sp³-hybridized carbons (Fsp3) is 0.429. The maximum Gasteiger partial charge on any atom is 0.321 e. The number of benzene rings is 1. The minimum absolute atomic E-state index is 0.0195. The lowest BCUT2D eigenvalue weighted by molar-refractivity contribution is -0.127. The molecule has 3 amide bonds. The Hall–Kier alpha value is -2.34. The maximum absolute atomic E-state index is 12.9. The van der Waals surface area contributed by atoms with Gasteiger partial charge in [-0.05, 0) is 42.3 Å². The molecule has 5 nitrogen and oxygen atoms in total. The smallest absolute Gasteiger partial charge is 0.321 e. The van der Waals surface area contributed by atoms with Crippen molar-refractivity contribution in [2.75, 3.05) is 18.4 Å². The van der Waals surface area contributed by atoms with Crippen molar-refractivity contribution in [1.29, 1.82) is 0 Å². The van der Waals surface area contributed by atoms with Gasteiger partial charge in [0, 0.05) is 23.7 Å². The van der Waals surface area contributed by atoms with Crippen LogP contribution in [-0.2, 0) is 4.79 Å². The van der Waals surface area contributed by atoms with E-state index < -0.39 is 0 Å². The Labute approximate surface area is 164 Å². The van der Waals surface area contributed by atoms with Gasteiger partial charge in [0.25, 0.3) is 0 Å². The summed E-state index contributed by atoms with van der Waals surface area (Å²) in [5.41, 5.74) is 0.770. The van der Waals surface area contributed by atoms with Gasteiger partial charge < -0.3 is 15.5 Å². The van der Waals surface area contributed by atoms with Crippen LogP contribution in [0.1, 0.15) is 37.6 Å². The highest BCUT2D eigenvalue weighted by Gasteiger charge is 2.30. The van der Waals surface area contributed by atoms with Crippen molar-refractivity contribution in [2.45, 2.75) is 32.7 Å². The second-order valence-corrected chi connectivity index (χ2v) is 8.31. The summed E-state index contributed by atoms with van der Waals surface area (Å²) < 4.78 is 0. The molecule has 1 aliphatic heterocycles. The molecule has 144 valence electrons. The Morgan fingerprint density at radius 2 is 1.93 bits per heavy atom. The predicted molar refractivity (Wildman–Crippen MR) is 110 cm³/mol. The molecule has 2 N–H and O–H groups in total. The molecule has 2 aromatic rings. The van der Waals surface area contributed by atoms with Crippen LogP contribution in [0.25, 0.3) is 0 Å². The fourth-order valence-electron chi connectivity index (χ4n) is 3.41. The molecule has 1 aromatic heterocycles. The van der Waals surface area contributed by atoms with E-state index in [1.165, 1.54) is 4.88 Å². The van der Waals surface area contributed by atoms with Crippen LogP contribution in [0.15, 0.2) is 47.8 Å². The second kappa shape index (κ2) is 9.04. The summed E-state index contributed by atoms with van der Waals surface area (Å²) in [6.45, 7) is 5.37. The van der Waals surface area contributed by atoms with Gasteiger partial charge in [-0.2, -0.15) is 0 Å². The Kier molecular flexibility index (Phi) is 6.50. The van der Waals surface area contributed by atoms with E-state index in [0.29, 0.717) is 19.0 Å². The normalized spacial score (nSPS) is 18.2. The quantitative estimate of drug-likeness (QED) is 0.796. The molecular formula is C21H27N3O2S. The molecule has 0 saturated carbocycles. The Balaban J connectivity index is 1.59. The molecule has 27 heavy (non-hydrogen) atoms. The number of anilines is 1. The zero-order valence-corrected chi connectivity index (χ0v) is 16.7. The summed E-state index contributed by atoms with van der Waals surface area (Å²) in [7, 11) is 0. The van der Waals surface area contributed by atoms with Gasteiger partial charge >= 0.3 is 6.03 Å². The number of nitrogens with zero attached hydrogens (tertiary/aromatic N) is 1. The van der Waals surface area contributed by atoms with E-state index in [0.717, 1.165) is 18.5 Å². The maximum atomic E-state index is 12.9. The van der Waals surface area contributed by atoms with Crippen molar-refractivity contribution in [1.82, 2.24) is 10.2 Å². The molecule has 1 aliphatic rings. The summed E-state index contributed by atoms with van der Waals surface area (Å²) in [5, 5.41) is 8.16. The van der Waals surface area contributed by atoms with Gasteiger partial charge in [-0.15, -0.1) is 11.3 Å². The monoisotopic (exact) mass is 385 g/mol. The second-order valence-electron chi connectivity index (χ2n) is 7.33. The number of carbonyl (C=O) groups is 2. The standard InChI is InChI=1S/C21H27N3O2S/c1-15(2)19(18-11-7-13-27-18)23-20(25)16-8-6-12-24(14-16)21(26)22-17-9-4-3-5-10-17/h3-5,7,9-11,13,15-16,19H,6,8,12,14H2,1-2H3,(H,22,26)(H,23,25)/t16-,19-/m1/s1. The number of thiophene rings is 1. The summed E-state index contributed by atoms with van der Waals surface area (Å²) in [6.07, 6.45) is 1.65. The van der Waals surface area contributed by atoms with Gasteiger partial charge in [-0.25, -0.2) is 4.79 Å². The molecule has 0 aliphatic carbocycles. The van der Waals surface area contributed by atoms with E-state index >= 15 is 0 Å². The number of piperidine rings is 1. The topological polar surface area (TPSA) is 61.4 Å². The van der Waals surface area contributed by atoms with Crippen molar-refractivity contribution in [3.05, 3.63) is 52.7 Å². The van der Waals surface area contributed by atoms with E-state index in [1.807, 2.05) is 41.8 Å². The first-order valence-electron chi connectivity index (χ1n) is 9.49. The van der Waals surface area contributed by atoms with Crippen LogP contribution in [-0.4, -0.2) is 29.9 Å². The van der Waals surface area contributed by atoms with Crippen LogP contribution >= 0.6 is 11.3 Å². The number of likely N-dealkylation sites (tertiary alicyclic amines) is 1. The molecule has 1 aromatic carbocycles. The first-order chi connectivity index (χ1) is 13.0. The highest BCUT2D eigenvalue weighted by atomic mass is 32.1. The molecule has 0 bridgehead atoms. The number of rotatable bonds is 5. The number of urea groups is 1. The summed E-state index contributed by atoms with van der Waals surface area (Å²) >= 11 is 1.67. The largest absolute Gasteiger partial charge is 0.348 e. The third-order valence-electron chi connectivity index (χ3n) is 4.92. The molecule has 1 saturated heterocycles. The molecule has 1 fully saturated rings. The van der Waals surface area contributed by atoms with Gasteiger partial charge in [-0.1, -0.05) is 38.1 Å². The summed E-state index contributed by atoms with van der Waals surface area (Å²) in [5.74, 6) is 0.189. The van der Waals surface area contributed by atoms with Crippen LogP contribution in [0.4, 0.5) is 10.5 Å². The molecule has 2 atom stereocenters. The average Bonchev–Trinajstić information content (AvgIpc) is 3.21. The van der Waals surface area contributed by atoms with Crippen LogP contribution in [0.5, 0.6) is 0 Å². The van der Waals surface area contributed by atoms with Crippen LogP contribution in [0, 0.1) is 11.8 Å². The number of amides is 3. The fourth-order valence-corrected chi connectivity index (χ4v) is 4.35. The molecule has 2 heterocycles. The first kappa shape index (κ1) is 19.4. The van der Waals surface area contributed by atoms with E-state index in [2.05, 4.69) is 30.5 Å². The molecule has 3 rings (SSSR count). The van der Waals surface area contributed by atoms with E-state index in [-0.39, 0.29) is 23.9 Å². The molecular weight excluding hydrogens is 358 g/mol. The zero-order valence-electron chi connectivity index (χ0n) is 15.9. The van der Waals surface area contributed by atoms with Gasteiger partial charge in [0.2, 0.25) is 5.91 Å². The van der Waals surface area contributed by atoms with Gasteiger partial charge in [0.05, 0.1) is 12.0 Å². The lowest BCUT2D eigenvalue weighted by Crippen LogP contribution is -2.47. The highest BCUT2D eigenvalue weighted by Crippen LogP contribution is 2.27. The number of carbonyl (C=O) groups excluding carboxylic acids is 2. The SMILES string of the molecule is CC(C)[C@@H](NC(=O)[C@@H]1CCCN(C(=O)Nc2ccccc2)C1)c1cccs1. The number of hydrogen-bond acceptors (Lipinski definition) is 3. The summed E-state index contributed by atoms with van der Waals surface area (Å²) in [6, 6.07) is 13.4. The number of hydrogen-bond donors (Lipinski definition) is 2. The third-order valence-corrected chi connectivity index (χ3v) is 5.87. The summed E-state index contributed by atoms with van der Waals surface area (Å²) in [4.78, 5) is 28.3. The van der Waals surface area contributed by atoms with Crippen molar-refractivity contribution in [3.63, 3.8) is 0 Å². The molecule has 6 heteroatoms. The Morgan fingerprint density at radius 1 is 1.15 bits per heavy atom. The van der Waals surface area contributed by atoms with Crippen LogP contribution < -0.4 is 10.6 Å². The van der Waals surface area contributed by atoms with E-state index in [4.69, 9.17) is 0 Å². The van der Waals surface area contributed by atoms with Gasteiger partial charge in [-0.3, -0.25) is 4.79 Å². The number of para-hydroxylation sites is 1. The Morgan fingerprint density at radius 3 is 2.59 bits per heavy atom. The number of nitrogens with one attached hydrogen (secondary N) is 2. The third kappa shape index (κ3) is 5.10.